The Morgan fingerprint density at radius 3 is 2.50 bits per heavy atom. The standard InChI is InChI=1S/C14H20FN/c1-14(2,15)13-5-3-11(4-6-13)9-12-7-8-16-10-12/h3-6,12,16H,7-10H2,1-2H3. The topological polar surface area (TPSA) is 12.0 Å². The fourth-order valence-electron chi connectivity index (χ4n) is 2.26. The van der Waals surface area contributed by atoms with Crippen molar-refractivity contribution in [3.63, 3.8) is 0 Å². The minimum atomic E-state index is -1.23. The highest BCUT2D eigenvalue weighted by atomic mass is 19.1. The van der Waals surface area contributed by atoms with Crippen molar-refractivity contribution in [2.24, 2.45) is 5.92 Å². The van der Waals surface area contributed by atoms with Crippen LogP contribution in [0.4, 0.5) is 4.39 Å². The van der Waals surface area contributed by atoms with Gasteiger partial charge in [-0.05, 0) is 56.8 Å². The summed E-state index contributed by atoms with van der Waals surface area (Å²) in [5.41, 5.74) is 0.857. The molecule has 1 atom stereocenters. The third kappa shape index (κ3) is 2.82. The van der Waals surface area contributed by atoms with Crippen LogP contribution in [0.3, 0.4) is 0 Å². The van der Waals surface area contributed by atoms with Crippen LogP contribution in [0, 0.1) is 5.92 Å². The minimum absolute atomic E-state index is 0.754. The lowest BCUT2D eigenvalue weighted by atomic mass is 9.94. The Kier molecular flexibility index (Phi) is 3.29. The van der Waals surface area contributed by atoms with Gasteiger partial charge in [-0.3, -0.25) is 0 Å². The molecule has 0 bridgehead atoms. The molecule has 1 nitrogen and oxygen atoms in total. The second-order valence-electron chi connectivity index (χ2n) is 5.23. The lowest BCUT2D eigenvalue weighted by molar-refractivity contribution is 0.221. The van der Waals surface area contributed by atoms with E-state index in [2.05, 4.69) is 17.4 Å². The number of nitrogens with one attached hydrogen (secondary N) is 1. The van der Waals surface area contributed by atoms with E-state index in [4.69, 9.17) is 0 Å². The highest BCUT2D eigenvalue weighted by Gasteiger charge is 2.19. The smallest absolute Gasteiger partial charge is 0.130 e. The molecule has 1 aliphatic rings. The van der Waals surface area contributed by atoms with Gasteiger partial charge in [0.15, 0.2) is 0 Å². The van der Waals surface area contributed by atoms with Gasteiger partial charge in [-0.25, -0.2) is 4.39 Å². The van der Waals surface area contributed by atoms with E-state index in [1.807, 2.05) is 12.1 Å². The average molecular weight is 221 g/mol. The second kappa shape index (κ2) is 4.54. The van der Waals surface area contributed by atoms with Crippen LogP contribution in [0.5, 0.6) is 0 Å². The molecule has 0 aliphatic carbocycles. The number of alkyl halides is 1. The number of rotatable bonds is 3. The van der Waals surface area contributed by atoms with Gasteiger partial charge in [0.2, 0.25) is 0 Å². The van der Waals surface area contributed by atoms with Gasteiger partial charge in [0.1, 0.15) is 5.67 Å². The predicted octanol–water partition coefficient (Wildman–Crippen LogP) is 3.04. The third-order valence-electron chi connectivity index (χ3n) is 3.33. The Labute approximate surface area is 97.1 Å². The Hall–Kier alpha value is -0.890. The Morgan fingerprint density at radius 1 is 1.31 bits per heavy atom. The molecule has 0 saturated carbocycles. The normalized spacial score (nSPS) is 21.3. The molecule has 16 heavy (non-hydrogen) atoms. The van der Waals surface area contributed by atoms with Crippen molar-refractivity contribution < 1.29 is 4.39 Å². The van der Waals surface area contributed by atoms with Gasteiger partial charge in [0.25, 0.3) is 0 Å². The van der Waals surface area contributed by atoms with Crippen LogP contribution in [0.1, 0.15) is 31.4 Å². The molecule has 1 heterocycles. The summed E-state index contributed by atoms with van der Waals surface area (Å²) < 4.78 is 13.6. The maximum Gasteiger partial charge on any atom is 0.130 e. The minimum Gasteiger partial charge on any atom is -0.316 e. The molecule has 0 amide bonds. The molecule has 1 unspecified atom stereocenters. The molecule has 1 aromatic rings. The third-order valence-corrected chi connectivity index (χ3v) is 3.33. The van der Waals surface area contributed by atoms with E-state index in [9.17, 15) is 4.39 Å². The SMILES string of the molecule is CC(C)(F)c1ccc(CC2CCNC2)cc1. The van der Waals surface area contributed by atoms with Gasteiger partial charge >= 0.3 is 0 Å². The Balaban J connectivity index is 2.01. The van der Waals surface area contributed by atoms with Crippen molar-refractivity contribution in [1.82, 2.24) is 5.32 Å². The zero-order valence-electron chi connectivity index (χ0n) is 10.1. The summed E-state index contributed by atoms with van der Waals surface area (Å²) >= 11 is 0. The van der Waals surface area contributed by atoms with Gasteiger partial charge in [-0.2, -0.15) is 0 Å². The zero-order valence-corrected chi connectivity index (χ0v) is 10.1. The maximum absolute atomic E-state index is 13.6. The van der Waals surface area contributed by atoms with E-state index >= 15 is 0 Å². The first kappa shape index (κ1) is 11.6. The van der Waals surface area contributed by atoms with Crippen LogP contribution in [-0.2, 0) is 12.1 Å². The fourth-order valence-corrected chi connectivity index (χ4v) is 2.26. The maximum atomic E-state index is 13.6. The quantitative estimate of drug-likeness (QED) is 0.827. The first-order valence-electron chi connectivity index (χ1n) is 6.05. The van der Waals surface area contributed by atoms with Gasteiger partial charge in [-0.1, -0.05) is 24.3 Å². The number of hydrogen-bond donors (Lipinski definition) is 1. The summed E-state index contributed by atoms with van der Waals surface area (Å²) in [5, 5.41) is 3.37. The summed E-state index contributed by atoms with van der Waals surface area (Å²) in [6.07, 6.45) is 2.37. The molecule has 2 rings (SSSR count). The summed E-state index contributed by atoms with van der Waals surface area (Å²) in [6, 6.07) is 7.96. The van der Waals surface area contributed by atoms with Crippen LogP contribution in [-0.4, -0.2) is 13.1 Å². The van der Waals surface area contributed by atoms with E-state index in [0.717, 1.165) is 31.0 Å². The molecule has 1 aromatic carbocycles. The predicted molar refractivity (Wildman–Crippen MR) is 65.3 cm³/mol. The highest BCUT2D eigenvalue weighted by molar-refractivity contribution is 5.26. The van der Waals surface area contributed by atoms with Crippen LogP contribution in [0.15, 0.2) is 24.3 Å². The summed E-state index contributed by atoms with van der Waals surface area (Å²) in [5.74, 6) is 0.754. The number of benzene rings is 1. The van der Waals surface area contributed by atoms with Crippen LogP contribution < -0.4 is 5.32 Å². The molecular weight excluding hydrogens is 201 g/mol. The van der Waals surface area contributed by atoms with Crippen molar-refractivity contribution >= 4 is 0 Å². The first-order chi connectivity index (χ1) is 7.55. The fraction of sp³-hybridized carbons (Fsp3) is 0.571. The van der Waals surface area contributed by atoms with E-state index in [1.165, 1.54) is 12.0 Å². The van der Waals surface area contributed by atoms with E-state index in [1.54, 1.807) is 13.8 Å². The number of hydrogen-bond acceptors (Lipinski definition) is 1. The van der Waals surface area contributed by atoms with Gasteiger partial charge in [0.05, 0.1) is 0 Å². The van der Waals surface area contributed by atoms with Crippen molar-refractivity contribution in [3.8, 4) is 0 Å². The molecule has 1 aliphatic heterocycles. The summed E-state index contributed by atoms with van der Waals surface area (Å²) in [6.45, 7) is 5.46. The van der Waals surface area contributed by atoms with Crippen molar-refractivity contribution in [2.75, 3.05) is 13.1 Å². The molecule has 0 spiro atoms. The molecular formula is C14H20FN. The lowest BCUT2D eigenvalue weighted by Gasteiger charge is -2.15. The second-order valence-corrected chi connectivity index (χ2v) is 5.23. The lowest BCUT2D eigenvalue weighted by Crippen LogP contribution is -2.11. The Bertz CT molecular complexity index is 331. The summed E-state index contributed by atoms with van der Waals surface area (Å²) in [7, 11) is 0. The van der Waals surface area contributed by atoms with Crippen molar-refractivity contribution in [1.29, 1.82) is 0 Å². The first-order valence-corrected chi connectivity index (χ1v) is 6.05. The summed E-state index contributed by atoms with van der Waals surface area (Å²) in [4.78, 5) is 0. The monoisotopic (exact) mass is 221 g/mol. The zero-order chi connectivity index (χ0) is 11.6. The Morgan fingerprint density at radius 2 is 2.00 bits per heavy atom. The van der Waals surface area contributed by atoms with Gasteiger partial charge < -0.3 is 5.32 Å². The average Bonchev–Trinajstić information content (AvgIpc) is 2.70. The molecule has 2 heteroatoms. The molecule has 88 valence electrons. The molecule has 0 aromatic heterocycles. The van der Waals surface area contributed by atoms with Crippen LogP contribution in [0.25, 0.3) is 0 Å². The largest absolute Gasteiger partial charge is 0.316 e. The molecule has 1 fully saturated rings. The van der Waals surface area contributed by atoms with E-state index in [0.29, 0.717) is 0 Å². The molecule has 1 saturated heterocycles. The van der Waals surface area contributed by atoms with Crippen molar-refractivity contribution in [2.45, 2.75) is 32.4 Å². The molecule has 1 N–H and O–H groups in total. The number of halogens is 1. The highest BCUT2D eigenvalue weighted by Crippen LogP contribution is 2.25. The van der Waals surface area contributed by atoms with Crippen molar-refractivity contribution in [3.05, 3.63) is 35.4 Å². The van der Waals surface area contributed by atoms with E-state index in [-0.39, 0.29) is 0 Å². The van der Waals surface area contributed by atoms with Gasteiger partial charge in [-0.15, -0.1) is 0 Å². The van der Waals surface area contributed by atoms with Crippen LogP contribution in [0.2, 0.25) is 0 Å². The molecule has 0 radical (unpaired) electrons. The van der Waals surface area contributed by atoms with Crippen LogP contribution >= 0.6 is 0 Å². The van der Waals surface area contributed by atoms with E-state index < -0.39 is 5.67 Å². The van der Waals surface area contributed by atoms with Gasteiger partial charge in [0, 0.05) is 0 Å².